The lowest BCUT2D eigenvalue weighted by Crippen LogP contribution is -2.26. The number of carbonyl (C=O) groups is 1. The van der Waals surface area contributed by atoms with E-state index in [0.29, 0.717) is 5.82 Å². The number of allylic oxidation sites excluding steroid dienone is 2. The average Bonchev–Trinajstić information content (AvgIpc) is 2.02. The molecule has 0 rings (SSSR count). The molecule has 0 spiro atoms. The zero-order valence-electron chi connectivity index (χ0n) is 7.29. The van der Waals surface area contributed by atoms with E-state index in [9.17, 15) is 4.79 Å². The van der Waals surface area contributed by atoms with Crippen molar-refractivity contribution >= 4 is 12.1 Å². The minimum atomic E-state index is -0.135. The molecule has 0 aliphatic rings. The SMILES string of the molecule is C=C/C=N/N/C(=C\C)NC(C)=O. The summed E-state index contributed by atoms with van der Waals surface area (Å²) in [6.07, 6.45) is 4.74. The molecule has 0 aromatic heterocycles. The molecule has 0 bridgehead atoms. The van der Waals surface area contributed by atoms with E-state index in [2.05, 4.69) is 22.4 Å². The molecule has 4 nitrogen and oxygen atoms in total. The van der Waals surface area contributed by atoms with E-state index in [-0.39, 0.29) is 5.91 Å². The highest BCUT2D eigenvalue weighted by Gasteiger charge is 1.93. The van der Waals surface area contributed by atoms with Crippen LogP contribution in [0, 0.1) is 0 Å². The third-order valence-corrected chi connectivity index (χ3v) is 0.964. The molecule has 0 fully saturated rings. The number of carbonyl (C=O) groups excluding carboxylic acids is 1. The summed E-state index contributed by atoms with van der Waals surface area (Å²) in [4.78, 5) is 10.6. The number of nitrogens with one attached hydrogen (secondary N) is 2. The van der Waals surface area contributed by atoms with Gasteiger partial charge < -0.3 is 5.32 Å². The highest BCUT2D eigenvalue weighted by Crippen LogP contribution is 1.81. The van der Waals surface area contributed by atoms with Crippen LogP contribution in [0.15, 0.2) is 29.7 Å². The van der Waals surface area contributed by atoms with Gasteiger partial charge in [-0.05, 0) is 19.1 Å². The Morgan fingerprint density at radius 2 is 2.25 bits per heavy atom. The standard InChI is InChI=1S/C8H13N3O/c1-4-6-9-11-8(5-2)10-7(3)12/h4-6,11H,1H2,2-3H3,(H,10,12)/b8-5-,9-6+. The van der Waals surface area contributed by atoms with Crippen molar-refractivity contribution in [1.29, 1.82) is 0 Å². The first-order valence-electron chi connectivity index (χ1n) is 3.54. The van der Waals surface area contributed by atoms with Crippen LogP contribution in [-0.4, -0.2) is 12.1 Å². The first kappa shape index (κ1) is 10.4. The molecule has 66 valence electrons. The van der Waals surface area contributed by atoms with E-state index < -0.39 is 0 Å². The Balaban J connectivity index is 3.93. The van der Waals surface area contributed by atoms with Gasteiger partial charge in [-0.3, -0.25) is 10.2 Å². The van der Waals surface area contributed by atoms with E-state index in [1.165, 1.54) is 19.2 Å². The zero-order chi connectivity index (χ0) is 9.40. The fraction of sp³-hybridized carbons (Fsp3) is 0.250. The van der Waals surface area contributed by atoms with Crippen LogP contribution < -0.4 is 10.7 Å². The monoisotopic (exact) mass is 167 g/mol. The summed E-state index contributed by atoms with van der Waals surface area (Å²) in [5, 5.41) is 6.29. The molecule has 1 amide bonds. The molecule has 0 saturated carbocycles. The molecular weight excluding hydrogens is 154 g/mol. The molecule has 0 aliphatic heterocycles. The van der Waals surface area contributed by atoms with Gasteiger partial charge in [-0.2, -0.15) is 5.10 Å². The highest BCUT2D eigenvalue weighted by atomic mass is 16.1. The molecule has 0 aromatic carbocycles. The Kier molecular flexibility index (Phi) is 5.34. The van der Waals surface area contributed by atoms with Gasteiger partial charge in [-0.1, -0.05) is 6.58 Å². The number of hydrogen-bond acceptors (Lipinski definition) is 3. The van der Waals surface area contributed by atoms with Crippen LogP contribution in [0.2, 0.25) is 0 Å². The lowest BCUT2D eigenvalue weighted by Gasteiger charge is -2.04. The van der Waals surface area contributed by atoms with Gasteiger partial charge in [0.15, 0.2) is 0 Å². The van der Waals surface area contributed by atoms with E-state index in [4.69, 9.17) is 0 Å². The second kappa shape index (κ2) is 6.15. The Hall–Kier alpha value is -1.58. The lowest BCUT2D eigenvalue weighted by atomic mass is 10.5. The minimum Gasteiger partial charge on any atom is -0.312 e. The second-order valence-electron chi connectivity index (χ2n) is 2.01. The van der Waals surface area contributed by atoms with Crippen LogP contribution in [-0.2, 0) is 4.79 Å². The highest BCUT2D eigenvalue weighted by molar-refractivity contribution is 5.74. The summed E-state index contributed by atoms with van der Waals surface area (Å²) in [6.45, 7) is 6.67. The molecule has 12 heavy (non-hydrogen) atoms. The van der Waals surface area contributed by atoms with Crippen LogP contribution in [0.5, 0.6) is 0 Å². The van der Waals surface area contributed by atoms with Crippen LogP contribution in [0.3, 0.4) is 0 Å². The lowest BCUT2D eigenvalue weighted by molar-refractivity contribution is -0.118. The van der Waals surface area contributed by atoms with Gasteiger partial charge in [0.1, 0.15) is 5.82 Å². The molecule has 0 radical (unpaired) electrons. The first-order chi connectivity index (χ1) is 5.70. The zero-order valence-corrected chi connectivity index (χ0v) is 7.29. The molecular formula is C8H13N3O. The quantitative estimate of drug-likeness (QED) is 0.479. The summed E-state index contributed by atoms with van der Waals surface area (Å²) in [7, 11) is 0. The van der Waals surface area contributed by atoms with E-state index in [1.54, 1.807) is 13.0 Å². The molecule has 2 N–H and O–H groups in total. The smallest absolute Gasteiger partial charge is 0.222 e. The van der Waals surface area contributed by atoms with E-state index in [1.807, 2.05) is 0 Å². The van der Waals surface area contributed by atoms with Crippen LogP contribution in [0.4, 0.5) is 0 Å². The normalized spacial score (nSPS) is 11.3. The van der Waals surface area contributed by atoms with Gasteiger partial charge in [0.25, 0.3) is 0 Å². The number of nitrogens with zero attached hydrogens (tertiary/aromatic N) is 1. The van der Waals surface area contributed by atoms with Gasteiger partial charge in [-0.25, -0.2) is 0 Å². The van der Waals surface area contributed by atoms with Crippen molar-refractivity contribution in [2.75, 3.05) is 0 Å². The number of rotatable bonds is 4. The summed E-state index contributed by atoms with van der Waals surface area (Å²) in [5.41, 5.74) is 2.63. The Bertz CT molecular complexity index is 218. The first-order valence-corrected chi connectivity index (χ1v) is 3.54. The van der Waals surface area contributed by atoms with Crippen molar-refractivity contribution in [2.24, 2.45) is 5.10 Å². The topological polar surface area (TPSA) is 53.5 Å². The third kappa shape index (κ3) is 5.22. The maximum atomic E-state index is 10.6. The Labute approximate surface area is 72.0 Å². The molecule has 0 aromatic rings. The Morgan fingerprint density at radius 1 is 1.58 bits per heavy atom. The van der Waals surface area contributed by atoms with Crippen molar-refractivity contribution in [3.63, 3.8) is 0 Å². The summed E-state index contributed by atoms with van der Waals surface area (Å²) < 4.78 is 0. The van der Waals surface area contributed by atoms with Gasteiger partial charge in [0.05, 0.1) is 0 Å². The van der Waals surface area contributed by atoms with Crippen molar-refractivity contribution in [3.8, 4) is 0 Å². The largest absolute Gasteiger partial charge is 0.312 e. The van der Waals surface area contributed by atoms with Crippen LogP contribution >= 0.6 is 0 Å². The predicted octanol–water partition coefficient (Wildman–Crippen LogP) is 0.745. The summed E-state index contributed by atoms with van der Waals surface area (Å²) in [5.74, 6) is 0.421. The van der Waals surface area contributed by atoms with Crippen LogP contribution in [0.1, 0.15) is 13.8 Å². The second-order valence-corrected chi connectivity index (χ2v) is 2.01. The van der Waals surface area contributed by atoms with Gasteiger partial charge in [-0.15, -0.1) is 0 Å². The number of hydrazone groups is 1. The van der Waals surface area contributed by atoms with Gasteiger partial charge >= 0.3 is 0 Å². The molecule has 0 atom stereocenters. The van der Waals surface area contributed by atoms with Crippen molar-refractivity contribution in [2.45, 2.75) is 13.8 Å². The van der Waals surface area contributed by atoms with Crippen molar-refractivity contribution in [3.05, 3.63) is 24.6 Å². The Morgan fingerprint density at radius 3 is 2.67 bits per heavy atom. The third-order valence-electron chi connectivity index (χ3n) is 0.964. The molecule has 0 unspecified atom stereocenters. The maximum Gasteiger partial charge on any atom is 0.222 e. The molecule has 0 aliphatic carbocycles. The summed E-state index contributed by atoms with van der Waals surface area (Å²) in [6, 6.07) is 0. The van der Waals surface area contributed by atoms with Gasteiger partial charge in [0, 0.05) is 13.1 Å². The van der Waals surface area contributed by atoms with Crippen molar-refractivity contribution in [1.82, 2.24) is 10.7 Å². The van der Waals surface area contributed by atoms with E-state index >= 15 is 0 Å². The molecule has 0 heterocycles. The molecule has 4 heteroatoms. The predicted molar refractivity (Wildman–Crippen MR) is 49.4 cm³/mol. The minimum absolute atomic E-state index is 0.135. The van der Waals surface area contributed by atoms with Gasteiger partial charge in [0.2, 0.25) is 5.91 Å². The van der Waals surface area contributed by atoms with Crippen molar-refractivity contribution < 1.29 is 4.79 Å². The maximum absolute atomic E-state index is 10.6. The summed E-state index contributed by atoms with van der Waals surface area (Å²) >= 11 is 0. The number of hydrogen-bond donors (Lipinski definition) is 2. The molecule has 0 saturated heterocycles. The fourth-order valence-electron chi connectivity index (χ4n) is 0.514. The average molecular weight is 167 g/mol. The number of amides is 1. The fourth-order valence-corrected chi connectivity index (χ4v) is 0.514. The van der Waals surface area contributed by atoms with Crippen LogP contribution in [0.25, 0.3) is 0 Å². The van der Waals surface area contributed by atoms with E-state index in [0.717, 1.165) is 0 Å².